The first kappa shape index (κ1) is 17.6. The number of ether oxygens (including phenoxy) is 1. The molecule has 25 heavy (non-hydrogen) atoms. The molecule has 7 heteroatoms. The summed E-state index contributed by atoms with van der Waals surface area (Å²) in [5.74, 6) is 0.516. The van der Waals surface area contributed by atoms with Crippen molar-refractivity contribution in [3.05, 3.63) is 58.0 Å². The predicted molar refractivity (Wildman–Crippen MR) is 99.8 cm³/mol. The van der Waals surface area contributed by atoms with Gasteiger partial charge in [0, 0.05) is 37.0 Å². The molecule has 0 saturated carbocycles. The summed E-state index contributed by atoms with van der Waals surface area (Å²) in [7, 11) is 1.66. The average Bonchev–Trinajstić information content (AvgIpc) is 2.95. The lowest BCUT2D eigenvalue weighted by molar-refractivity contribution is -0.116. The SMILES string of the molecule is CC(=O)N(C)c1ccc(Cl)c(COc2cccn3cc(C)nc23)c1Cl. The number of rotatable bonds is 4. The van der Waals surface area contributed by atoms with Crippen LogP contribution in [0, 0.1) is 6.92 Å². The number of carbonyl (C=O) groups is 1. The molecule has 5 nitrogen and oxygen atoms in total. The Morgan fingerprint density at radius 3 is 2.80 bits per heavy atom. The molecule has 0 aliphatic heterocycles. The second kappa shape index (κ2) is 6.94. The molecule has 0 N–H and O–H groups in total. The van der Waals surface area contributed by atoms with Crippen LogP contribution in [0.25, 0.3) is 5.65 Å². The van der Waals surface area contributed by atoms with Crippen LogP contribution >= 0.6 is 23.2 Å². The molecular weight excluding hydrogens is 361 g/mol. The lowest BCUT2D eigenvalue weighted by atomic mass is 10.2. The molecule has 2 heterocycles. The number of aryl methyl sites for hydroxylation is 1. The normalized spacial score (nSPS) is 10.9. The zero-order valence-electron chi connectivity index (χ0n) is 14.1. The highest BCUT2D eigenvalue weighted by Crippen LogP contribution is 2.34. The number of carbonyl (C=O) groups excluding carboxylic acids is 1. The summed E-state index contributed by atoms with van der Waals surface area (Å²) in [6, 6.07) is 7.15. The largest absolute Gasteiger partial charge is 0.485 e. The van der Waals surface area contributed by atoms with Crippen LogP contribution < -0.4 is 9.64 Å². The zero-order chi connectivity index (χ0) is 18.1. The van der Waals surface area contributed by atoms with Gasteiger partial charge in [0.1, 0.15) is 6.61 Å². The van der Waals surface area contributed by atoms with Crippen molar-refractivity contribution in [1.82, 2.24) is 9.38 Å². The number of aromatic nitrogens is 2. The van der Waals surface area contributed by atoms with E-state index in [9.17, 15) is 4.79 Å². The molecule has 3 aromatic rings. The summed E-state index contributed by atoms with van der Waals surface area (Å²) in [6.07, 6.45) is 3.83. The maximum atomic E-state index is 11.6. The van der Waals surface area contributed by atoms with E-state index in [0.717, 1.165) is 11.3 Å². The van der Waals surface area contributed by atoms with Crippen molar-refractivity contribution in [3.8, 4) is 5.75 Å². The van der Waals surface area contributed by atoms with Gasteiger partial charge in [-0.2, -0.15) is 0 Å². The summed E-state index contributed by atoms with van der Waals surface area (Å²) in [5.41, 5.74) is 2.84. The average molecular weight is 378 g/mol. The molecule has 0 aliphatic carbocycles. The van der Waals surface area contributed by atoms with Gasteiger partial charge in [0.05, 0.1) is 16.4 Å². The van der Waals surface area contributed by atoms with E-state index in [-0.39, 0.29) is 12.5 Å². The fraction of sp³-hybridized carbons (Fsp3) is 0.222. The van der Waals surface area contributed by atoms with Gasteiger partial charge in [-0.05, 0) is 31.2 Å². The lowest BCUT2D eigenvalue weighted by Crippen LogP contribution is -2.23. The molecule has 0 bridgehead atoms. The number of pyridine rings is 1. The molecule has 3 rings (SSSR count). The summed E-state index contributed by atoms with van der Waals surface area (Å²) in [6.45, 7) is 3.57. The van der Waals surface area contributed by atoms with Crippen LogP contribution in [0.15, 0.2) is 36.7 Å². The van der Waals surface area contributed by atoms with Crippen molar-refractivity contribution in [2.45, 2.75) is 20.5 Å². The molecule has 0 atom stereocenters. The van der Waals surface area contributed by atoms with E-state index >= 15 is 0 Å². The number of anilines is 1. The van der Waals surface area contributed by atoms with E-state index in [4.69, 9.17) is 27.9 Å². The van der Waals surface area contributed by atoms with Crippen molar-refractivity contribution in [3.63, 3.8) is 0 Å². The van der Waals surface area contributed by atoms with Gasteiger partial charge in [0.15, 0.2) is 11.4 Å². The Labute approximate surface area is 155 Å². The van der Waals surface area contributed by atoms with Crippen LogP contribution in [-0.4, -0.2) is 22.3 Å². The molecule has 0 fully saturated rings. The number of imidazole rings is 1. The highest BCUT2D eigenvalue weighted by atomic mass is 35.5. The van der Waals surface area contributed by atoms with Gasteiger partial charge >= 0.3 is 0 Å². The van der Waals surface area contributed by atoms with E-state index in [1.54, 1.807) is 19.2 Å². The summed E-state index contributed by atoms with van der Waals surface area (Å²) in [4.78, 5) is 17.5. The molecule has 2 aromatic heterocycles. The first-order valence-electron chi connectivity index (χ1n) is 7.66. The first-order valence-corrected chi connectivity index (χ1v) is 8.42. The minimum Gasteiger partial charge on any atom is -0.485 e. The summed E-state index contributed by atoms with van der Waals surface area (Å²) >= 11 is 12.7. The third kappa shape index (κ3) is 3.43. The lowest BCUT2D eigenvalue weighted by Gasteiger charge is -2.19. The quantitative estimate of drug-likeness (QED) is 0.671. The Balaban J connectivity index is 1.92. The molecule has 0 aliphatic rings. The number of benzene rings is 1. The van der Waals surface area contributed by atoms with Crippen LogP contribution in [0.3, 0.4) is 0 Å². The van der Waals surface area contributed by atoms with Crippen molar-refractivity contribution in [2.24, 2.45) is 0 Å². The van der Waals surface area contributed by atoms with E-state index in [2.05, 4.69) is 4.98 Å². The Kier molecular flexibility index (Phi) is 4.88. The van der Waals surface area contributed by atoms with E-state index in [1.165, 1.54) is 11.8 Å². The smallest absolute Gasteiger partial charge is 0.223 e. The van der Waals surface area contributed by atoms with Gasteiger partial charge in [-0.1, -0.05) is 23.2 Å². The van der Waals surface area contributed by atoms with Gasteiger partial charge in [0.25, 0.3) is 0 Å². The Morgan fingerprint density at radius 2 is 2.08 bits per heavy atom. The monoisotopic (exact) mass is 377 g/mol. The number of hydrogen-bond donors (Lipinski definition) is 0. The third-order valence-electron chi connectivity index (χ3n) is 3.94. The van der Waals surface area contributed by atoms with Crippen LogP contribution in [0.1, 0.15) is 18.2 Å². The molecule has 0 radical (unpaired) electrons. The van der Waals surface area contributed by atoms with Gasteiger partial charge in [-0.25, -0.2) is 4.98 Å². The second-order valence-corrected chi connectivity index (χ2v) is 6.50. The van der Waals surface area contributed by atoms with Crippen molar-refractivity contribution in [2.75, 3.05) is 11.9 Å². The van der Waals surface area contributed by atoms with Gasteiger partial charge in [-0.3, -0.25) is 4.79 Å². The molecular formula is C18H17Cl2N3O2. The molecule has 0 spiro atoms. The van der Waals surface area contributed by atoms with Gasteiger partial charge in [-0.15, -0.1) is 0 Å². The topological polar surface area (TPSA) is 46.8 Å². The number of hydrogen-bond acceptors (Lipinski definition) is 3. The maximum Gasteiger partial charge on any atom is 0.223 e. The highest BCUT2D eigenvalue weighted by Gasteiger charge is 2.17. The standard InChI is InChI=1S/C18H17Cl2N3O2/c1-11-9-23-8-4-5-16(18(23)21-11)25-10-13-14(19)6-7-15(17(13)20)22(3)12(2)24/h4-9H,10H2,1-3H3. The first-order chi connectivity index (χ1) is 11.9. The molecule has 130 valence electrons. The number of amides is 1. The van der Waals surface area contributed by atoms with Gasteiger partial charge < -0.3 is 14.0 Å². The maximum absolute atomic E-state index is 11.6. The van der Waals surface area contributed by atoms with E-state index < -0.39 is 0 Å². The van der Waals surface area contributed by atoms with Crippen LogP contribution in [0.2, 0.25) is 10.0 Å². The summed E-state index contributed by atoms with van der Waals surface area (Å²) < 4.78 is 7.82. The number of halogens is 2. The number of nitrogens with zero attached hydrogens (tertiary/aromatic N) is 3. The fourth-order valence-corrected chi connectivity index (χ4v) is 3.13. The Morgan fingerprint density at radius 1 is 1.32 bits per heavy atom. The van der Waals surface area contributed by atoms with Crippen molar-refractivity contribution < 1.29 is 9.53 Å². The molecule has 0 saturated heterocycles. The fourth-order valence-electron chi connectivity index (χ4n) is 2.52. The minimum atomic E-state index is -0.117. The zero-order valence-corrected chi connectivity index (χ0v) is 15.6. The third-order valence-corrected chi connectivity index (χ3v) is 4.71. The van der Waals surface area contributed by atoms with Crippen LogP contribution in [0.5, 0.6) is 5.75 Å². The van der Waals surface area contributed by atoms with Gasteiger partial charge in [0.2, 0.25) is 5.91 Å². The molecule has 1 aromatic carbocycles. The van der Waals surface area contributed by atoms with Crippen molar-refractivity contribution in [1.29, 1.82) is 0 Å². The van der Waals surface area contributed by atoms with Crippen molar-refractivity contribution >= 4 is 40.4 Å². The Bertz CT molecular complexity index is 953. The van der Waals surface area contributed by atoms with Crippen LogP contribution in [0.4, 0.5) is 5.69 Å². The number of fused-ring (bicyclic) bond motifs is 1. The second-order valence-electron chi connectivity index (χ2n) is 5.71. The Hall–Kier alpha value is -2.24. The van der Waals surface area contributed by atoms with E-state index in [1.807, 2.05) is 35.9 Å². The summed E-state index contributed by atoms with van der Waals surface area (Å²) in [5, 5.41) is 0.883. The highest BCUT2D eigenvalue weighted by molar-refractivity contribution is 6.38. The minimum absolute atomic E-state index is 0.117. The molecule has 0 unspecified atom stereocenters. The predicted octanol–water partition coefficient (Wildman–Crippen LogP) is 4.51. The molecule has 1 amide bonds. The van der Waals surface area contributed by atoms with Crippen LogP contribution in [-0.2, 0) is 11.4 Å². The van der Waals surface area contributed by atoms with E-state index in [0.29, 0.717) is 27.0 Å².